The summed E-state index contributed by atoms with van der Waals surface area (Å²) >= 11 is 1.58. The van der Waals surface area contributed by atoms with Crippen molar-refractivity contribution in [3.05, 3.63) is 34.7 Å². The van der Waals surface area contributed by atoms with Crippen molar-refractivity contribution in [1.82, 2.24) is 15.0 Å². The number of nitrogens with one attached hydrogen (secondary N) is 1. The summed E-state index contributed by atoms with van der Waals surface area (Å²) in [6.07, 6.45) is 2.28. The van der Waals surface area contributed by atoms with Crippen molar-refractivity contribution in [3.63, 3.8) is 0 Å². The van der Waals surface area contributed by atoms with Crippen LogP contribution in [0.4, 0.5) is 0 Å². The van der Waals surface area contributed by atoms with Crippen LogP contribution >= 0.6 is 11.3 Å². The van der Waals surface area contributed by atoms with Gasteiger partial charge in [-0.2, -0.15) is 0 Å². The lowest BCUT2D eigenvalue weighted by Crippen LogP contribution is -1.82. The Kier molecular flexibility index (Phi) is 2.65. The van der Waals surface area contributed by atoms with Crippen molar-refractivity contribution < 1.29 is 0 Å². The van der Waals surface area contributed by atoms with Gasteiger partial charge in [0.25, 0.3) is 0 Å². The average molecular weight is 243 g/mol. The number of aromatic nitrogens is 3. The topological polar surface area (TPSA) is 41.6 Å². The largest absolute Gasteiger partial charge is 0.337 e. The SMILES string of the molecule is CCCc1ccc2nc(-c3cscn3)[nH]c2c1. The maximum atomic E-state index is 4.55. The van der Waals surface area contributed by atoms with Gasteiger partial charge in [-0.3, -0.25) is 0 Å². The third kappa shape index (κ3) is 1.96. The smallest absolute Gasteiger partial charge is 0.158 e. The third-order valence-electron chi connectivity index (χ3n) is 2.76. The summed E-state index contributed by atoms with van der Waals surface area (Å²) in [7, 11) is 0. The fourth-order valence-electron chi connectivity index (χ4n) is 1.95. The van der Waals surface area contributed by atoms with E-state index in [0.717, 1.165) is 29.0 Å². The van der Waals surface area contributed by atoms with Gasteiger partial charge in [0, 0.05) is 5.38 Å². The summed E-state index contributed by atoms with van der Waals surface area (Å²) in [5.74, 6) is 0.856. The minimum Gasteiger partial charge on any atom is -0.337 e. The van der Waals surface area contributed by atoms with E-state index in [9.17, 15) is 0 Å². The predicted octanol–water partition coefficient (Wildman–Crippen LogP) is 3.64. The number of fused-ring (bicyclic) bond motifs is 1. The zero-order valence-electron chi connectivity index (χ0n) is 9.60. The number of aryl methyl sites for hydroxylation is 1. The van der Waals surface area contributed by atoms with Gasteiger partial charge in [-0.25, -0.2) is 9.97 Å². The van der Waals surface area contributed by atoms with Gasteiger partial charge in [-0.1, -0.05) is 19.4 Å². The normalized spacial score (nSPS) is 11.1. The van der Waals surface area contributed by atoms with E-state index in [4.69, 9.17) is 0 Å². The molecule has 4 heteroatoms. The van der Waals surface area contributed by atoms with E-state index in [2.05, 4.69) is 40.1 Å². The molecule has 3 nitrogen and oxygen atoms in total. The lowest BCUT2D eigenvalue weighted by molar-refractivity contribution is 0.923. The van der Waals surface area contributed by atoms with E-state index >= 15 is 0 Å². The van der Waals surface area contributed by atoms with E-state index in [-0.39, 0.29) is 0 Å². The summed E-state index contributed by atoms with van der Waals surface area (Å²) < 4.78 is 0. The Morgan fingerprint density at radius 3 is 3.06 bits per heavy atom. The molecule has 0 aliphatic heterocycles. The third-order valence-corrected chi connectivity index (χ3v) is 3.35. The molecule has 0 aliphatic rings. The van der Waals surface area contributed by atoms with Crippen LogP contribution in [0.2, 0.25) is 0 Å². The number of benzene rings is 1. The summed E-state index contributed by atoms with van der Waals surface area (Å²) in [6.45, 7) is 2.19. The number of imidazole rings is 1. The predicted molar refractivity (Wildman–Crippen MR) is 71.2 cm³/mol. The number of hydrogen-bond acceptors (Lipinski definition) is 3. The van der Waals surface area contributed by atoms with Crippen molar-refractivity contribution in [1.29, 1.82) is 0 Å². The standard InChI is InChI=1S/C13H13N3S/c1-2-3-9-4-5-10-11(6-9)16-13(15-10)12-7-17-8-14-12/h4-8H,2-3H2,1H3,(H,15,16). The molecular formula is C13H13N3S. The Hall–Kier alpha value is -1.68. The highest BCUT2D eigenvalue weighted by Crippen LogP contribution is 2.21. The Balaban J connectivity index is 2.07. The zero-order chi connectivity index (χ0) is 11.7. The lowest BCUT2D eigenvalue weighted by Gasteiger charge is -1.96. The van der Waals surface area contributed by atoms with Crippen LogP contribution in [0.25, 0.3) is 22.6 Å². The minimum atomic E-state index is 0.856. The molecule has 0 fully saturated rings. The molecule has 0 aliphatic carbocycles. The number of thiazole rings is 1. The molecule has 3 aromatic rings. The van der Waals surface area contributed by atoms with Crippen LogP contribution in [0.3, 0.4) is 0 Å². The van der Waals surface area contributed by atoms with E-state index in [1.54, 1.807) is 11.3 Å². The summed E-state index contributed by atoms with van der Waals surface area (Å²) in [4.78, 5) is 12.1. The van der Waals surface area contributed by atoms with Crippen molar-refractivity contribution in [2.75, 3.05) is 0 Å². The maximum absolute atomic E-state index is 4.55. The number of hydrogen-bond donors (Lipinski definition) is 1. The van der Waals surface area contributed by atoms with E-state index in [1.807, 2.05) is 10.9 Å². The minimum absolute atomic E-state index is 0.856. The Morgan fingerprint density at radius 1 is 1.35 bits per heavy atom. The lowest BCUT2D eigenvalue weighted by atomic mass is 10.1. The van der Waals surface area contributed by atoms with Crippen molar-refractivity contribution in [3.8, 4) is 11.5 Å². The zero-order valence-corrected chi connectivity index (χ0v) is 10.4. The van der Waals surface area contributed by atoms with E-state index in [1.165, 1.54) is 12.0 Å². The van der Waals surface area contributed by atoms with E-state index < -0.39 is 0 Å². The molecule has 0 bridgehead atoms. The van der Waals surface area contributed by atoms with Gasteiger partial charge in [0.15, 0.2) is 5.82 Å². The summed E-state index contributed by atoms with van der Waals surface area (Å²) in [5.41, 5.74) is 6.20. The van der Waals surface area contributed by atoms with Crippen LogP contribution in [0.1, 0.15) is 18.9 Å². The molecule has 0 unspecified atom stereocenters. The second kappa shape index (κ2) is 4.30. The van der Waals surface area contributed by atoms with Crippen LogP contribution in [0.5, 0.6) is 0 Å². The van der Waals surface area contributed by atoms with Crippen LogP contribution < -0.4 is 0 Å². The number of nitrogens with zero attached hydrogens (tertiary/aromatic N) is 2. The number of aromatic amines is 1. The quantitative estimate of drug-likeness (QED) is 0.763. The van der Waals surface area contributed by atoms with Gasteiger partial charge >= 0.3 is 0 Å². The molecule has 2 heterocycles. The van der Waals surface area contributed by atoms with Crippen molar-refractivity contribution in [2.45, 2.75) is 19.8 Å². The van der Waals surface area contributed by atoms with Gasteiger partial charge in [-0.15, -0.1) is 11.3 Å². The summed E-state index contributed by atoms with van der Waals surface area (Å²) in [5, 5.41) is 2.00. The maximum Gasteiger partial charge on any atom is 0.158 e. The second-order valence-electron chi connectivity index (χ2n) is 4.06. The first-order chi connectivity index (χ1) is 8.36. The molecule has 0 saturated heterocycles. The van der Waals surface area contributed by atoms with Crippen molar-refractivity contribution >= 4 is 22.4 Å². The molecule has 1 aromatic carbocycles. The van der Waals surface area contributed by atoms with Crippen LogP contribution in [0.15, 0.2) is 29.1 Å². The molecule has 0 radical (unpaired) electrons. The molecule has 0 spiro atoms. The molecule has 1 N–H and O–H groups in total. The van der Waals surface area contributed by atoms with Gasteiger partial charge in [0.2, 0.25) is 0 Å². The number of H-pyrrole nitrogens is 1. The second-order valence-corrected chi connectivity index (χ2v) is 4.78. The first-order valence-electron chi connectivity index (χ1n) is 5.74. The highest BCUT2D eigenvalue weighted by atomic mass is 32.1. The first-order valence-corrected chi connectivity index (χ1v) is 6.68. The molecule has 0 amide bonds. The summed E-state index contributed by atoms with van der Waals surface area (Å²) in [6, 6.07) is 6.41. The molecule has 86 valence electrons. The number of rotatable bonds is 3. The van der Waals surface area contributed by atoms with Crippen molar-refractivity contribution in [2.24, 2.45) is 0 Å². The van der Waals surface area contributed by atoms with Gasteiger partial charge in [-0.05, 0) is 24.1 Å². The highest BCUT2D eigenvalue weighted by molar-refractivity contribution is 7.07. The molecule has 3 rings (SSSR count). The Morgan fingerprint density at radius 2 is 2.29 bits per heavy atom. The molecule has 17 heavy (non-hydrogen) atoms. The van der Waals surface area contributed by atoms with E-state index in [0.29, 0.717) is 0 Å². The molecule has 2 aromatic heterocycles. The first kappa shape index (κ1) is 10.5. The Bertz CT molecular complexity index is 625. The van der Waals surface area contributed by atoms with Gasteiger partial charge in [0.05, 0.1) is 16.5 Å². The molecular weight excluding hydrogens is 230 g/mol. The van der Waals surface area contributed by atoms with Gasteiger partial charge in [0.1, 0.15) is 5.69 Å². The Labute approximate surface area is 104 Å². The fraction of sp³-hybridized carbons (Fsp3) is 0.231. The molecule has 0 saturated carbocycles. The monoisotopic (exact) mass is 243 g/mol. The molecule has 0 atom stereocenters. The van der Waals surface area contributed by atoms with Crippen LogP contribution in [-0.4, -0.2) is 15.0 Å². The van der Waals surface area contributed by atoms with Gasteiger partial charge < -0.3 is 4.98 Å². The highest BCUT2D eigenvalue weighted by Gasteiger charge is 2.06. The fourth-order valence-corrected chi connectivity index (χ4v) is 2.49. The van der Waals surface area contributed by atoms with Crippen LogP contribution in [0, 0.1) is 0 Å². The average Bonchev–Trinajstić information content (AvgIpc) is 2.97. The van der Waals surface area contributed by atoms with Crippen LogP contribution in [-0.2, 0) is 6.42 Å².